The number of hydrogen-bond acceptors (Lipinski definition) is 4. The Morgan fingerprint density at radius 3 is 2.63 bits per heavy atom. The van der Waals surface area contributed by atoms with E-state index in [1.54, 1.807) is 0 Å². The van der Waals surface area contributed by atoms with Crippen molar-refractivity contribution in [2.75, 3.05) is 44.2 Å². The minimum Gasteiger partial charge on any atom is -0.395 e. The van der Waals surface area contributed by atoms with Gasteiger partial charge in [-0.2, -0.15) is 0 Å². The number of aliphatic hydroxyl groups is 1. The van der Waals surface area contributed by atoms with Gasteiger partial charge in [-0.3, -0.25) is 4.90 Å². The van der Waals surface area contributed by atoms with Crippen molar-refractivity contribution in [3.63, 3.8) is 0 Å². The van der Waals surface area contributed by atoms with Gasteiger partial charge in [0.1, 0.15) is 0 Å². The Kier molecular flexibility index (Phi) is 5.19. The lowest BCUT2D eigenvalue weighted by Crippen LogP contribution is -2.47. The molecule has 3 N–H and O–H groups in total. The van der Waals surface area contributed by atoms with Crippen LogP contribution in [-0.2, 0) is 0 Å². The first-order valence-electron chi connectivity index (χ1n) is 7.09. The first-order valence-corrected chi connectivity index (χ1v) is 7.09. The lowest BCUT2D eigenvalue weighted by atomic mass is 10.1. The molecular formula is C15H25N3O. The predicted octanol–water partition coefficient (Wildman–Crippen LogP) is 0.827. The highest BCUT2D eigenvalue weighted by Crippen LogP contribution is 2.17. The minimum atomic E-state index is -0.0743. The topological polar surface area (TPSA) is 52.7 Å². The van der Waals surface area contributed by atoms with E-state index in [4.69, 9.17) is 10.8 Å². The zero-order valence-electron chi connectivity index (χ0n) is 11.8. The van der Waals surface area contributed by atoms with Crippen LogP contribution in [0.2, 0.25) is 0 Å². The van der Waals surface area contributed by atoms with Crippen LogP contribution in [0.4, 0.5) is 5.69 Å². The molecule has 0 aromatic heterocycles. The van der Waals surface area contributed by atoms with Gasteiger partial charge in [-0.15, -0.1) is 0 Å². The fraction of sp³-hybridized carbons (Fsp3) is 0.600. The molecule has 4 nitrogen and oxygen atoms in total. The van der Waals surface area contributed by atoms with Crippen LogP contribution in [0.3, 0.4) is 0 Å². The molecule has 1 unspecified atom stereocenters. The Morgan fingerprint density at radius 1 is 1.26 bits per heavy atom. The summed E-state index contributed by atoms with van der Waals surface area (Å²) in [5.41, 5.74) is 8.38. The molecule has 0 saturated carbocycles. The van der Waals surface area contributed by atoms with Crippen LogP contribution in [0, 0.1) is 6.92 Å². The number of aliphatic hydroxyl groups excluding tert-OH is 1. The van der Waals surface area contributed by atoms with E-state index in [9.17, 15) is 0 Å². The number of nitrogens with two attached hydrogens (primary N) is 1. The molecule has 0 amide bonds. The molecule has 1 saturated heterocycles. The van der Waals surface area contributed by atoms with Crippen LogP contribution in [0.5, 0.6) is 0 Å². The Bertz CT molecular complexity index is 389. The Morgan fingerprint density at radius 2 is 2.00 bits per heavy atom. The minimum absolute atomic E-state index is 0.0743. The van der Waals surface area contributed by atoms with Gasteiger partial charge in [0, 0.05) is 37.9 Å². The standard InChI is InChI=1S/C15H25N3O/c1-13-3-2-4-15(11-13)18-9-7-17(8-10-18)6-5-14(16)12-19/h2-4,11,14,19H,5-10,12,16H2,1H3. The van der Waals surface area contributed by atoms with E-state index >= 15 is 0 Å². The zero-order valence-corrected chi connectivity index (χ0v) is 11.8. The van der Waals surface area contributed by atoms with Gasteiger partial charge in [-0.1, -0.05) is 12.1 Å². The predicted molar refractivity (Wildman–Crippen MR) is 79.5 cm³/mol. The van der Waals surface area contributed by atoms with Crippen molar-refractivity contribution in [2.24, 2.45) is 5.73 Å². The van der Waals surface area contributed by atoms with Gasteiger partial charge >= 0.3 is 0 Å². The van der Waals surface area contributed by atoms with Crippen LogP contribution in [0.1, 0.15) is 12.0 Å². The zero-order chi connectivity index (χ0) is 13.7. The molecule has 1 fully saturated rings. The average molecular weight is 263 g/mol. The molecule has 1 aliphatic rings. The molecule has 106 valence electrons. The maximum Gasteiger partial charge on any atom is 0.0583 e. The molecule has 0 radical (unpaired) electrons. The number of benzene rings is 1. The number of nitrogens with zero attached hydrogens (tertiary/aromatic N) is 2. The number of rotatable bonds is 5. The summed E-state index contributed by atoms with van der Waals surface area (Å²) >= 11 is 0. The van der Waals surface area contributed by atoms with Gasteiger partial charge in [-0.05, 0) is 37.6 Å². The maximum absolute atomic E-state index is 8.93. The Hall–Kier alpha value is -1.10. The van der Waals surface area contributed by atoms with Crippen LogP contribution in [0.15, 0.2) is 24.3 Å². The summed E-state index contributed by atoms with van der Waals surface area (Å²) in [6.45, 7) is 7.50. The van der Waals surface area contributed by atoms with E-state index in [0.29, 0.717) is 0 Å². The first-order chi connectivity index (χ1) is 9.19. The van der Waals surface area contributed by atoms with Gasteiger partial charge in [0.25, 0.3) is 0 Å². The summed E-state index contributed by atoms with van der Waals surface area (Å²) in [6.07, 6.45) is 0.876. The number of piperazine rings is 1. The van der Waals surface area contributed by atoms with Crippen LogP contribution < -0.4 is 10.6 Å². The third-order valence-electron chi connectivity index (χ3n) is 3.79. The second-order valence-corrected chi connectivity index (χ2v) is 5.40. The SMILES string of the molecule is Cc1cccc(N2CCN(CCC(N)CO)CC2)c1. The first kappa shape index (κ1) is 14.3. The molecule has 19 heavy (non-hydrogen) atoms. The average Bonchev–Trinajstić information content (AvgIpc) is 2.45. The summed E-state index contributed by atoms with van der Waals surface area (Å²) < 4.78 is 0. The molecule has 0 bridgehead atoms. The summed E-state index contributed by atoms with van der Waals surface area (Å²) in [7, 11) is 0. The second-order valence-electron chi connectivity index (χ2n) is 5.40. The normalized spacial score (nSPS) is 18.6. The van der Waals surface area contributed by atoms with Gasteiger partial charge < -0.3 is 15.7 Å². The number of anilines is 1. The van der Waals surface area contributed by atoms with Crippen molar-refractivity contribution in [2.45, 2.75) is 19.4 Å². The van der Waals surface area contributed by atoms with E-state index in [2.05, 4.69) is 41.0 Å². The van der Waals surface area contributed by atoms with Crippen molar-refractivity contribution >= 4 is 5.69 Å². The summed E-state index contributed by atoms with van der Waals surface area (Å²) in [6, 6.07) is 8.62. The fourth-order valence-electron chi connectivity index (χ4n) is 2.49. The Labute approximate surface area is 115 Å². The lowest BCUT2D eigenvalue weighted by molar-refractivity contribution is 0.217. The summed E-state index contributed by atoms with van der Waals surface area (Å²) in [5.74, 6) is 0. The molecule has 0 aliphatic carbocycles. The highest BCUT2D eigenvalue weighted by Gasteiger charge is 2.17. The van der Waals surface area contributed by atoms with Crippen LogP contribution in [-0.4, -0.2) is 55.4 Å². The van der Waals surface area contributed by atoms with Gasteiger partial charge in [0.2, 0.25) is 0 Å². The van der Waals surface area contributed by atoms with Crippen molar-refractivity contribution in [3.05, 3.63) is 29.8 Å². The molecule has 1 aliphatic heterocycles. The lowest BCUT2D eigenvalue weighted by Gasteiger charge is -2.36. The van der Waals surface area contributed by atoms with E-state index in [0.717, 1.165) is 39.1 Å². The molecule has 0 spiro atoms. The maximum atomic E-state index is 8.93. The summed E-state index contributed by atoms with van der Waals surface area (Å²) in [4.78, 5) is 4.87. The molecule has 1 aromatic carbocycles. The third-order valence-corrected chi connectivity index (χ3v) is 3.79. The largest absolute Gasteiger partial charge is 0.395 e. The van der Waals surface area contributed by atoms with Crippen molar-refractivity contribution in [1.29, 1.82) is 0 Å². The van der Waals surface area contributed by atoms with Crippen molar-refractivity contribution in [1.82, 2.24) is 4.90 Å². The molecular weight excluding hydrogens is 238 g/mol. The van der Waals surface area contributed by atoms with Gasteiger partial charge in [-0.25, -0.2) is 0 Å². The van der Waals surface area contributed by atoms with Gasteiger partial charge in [0.15, 0.2) is 0 Å². The Balaban J connectivity index is 1.79. The number of aryl methyl sites for hydroxylation is 1. The highest BCUT2D eigenvalue weighted by atomic mass is 16.3. The molecule has 4 heteroatoms. The smallest absolute Gasteiger partial charge is 0.0583 e. The quantitative estimate of drug-likeness (QED) is 0.826. The van der Waals surface area contributed by atoms with E-state index in [1.807, 2.05) is 0 Å². The molecule has 1 aromatic rings. The molecule has 2 rings (SSSR count). The van der Waals surface area contributed by atoms with Crippen LogP contribution in [0.25, 0.3) is 0 Å². The fourth-order valence-corrected chi connectivity index (χ4v) is 2.49. The van der Waals surface area contributed by atoms with Crippen LogP contribution >= 0.6 is 0 Å². The van der Waals surface area contributed by atoms with Crippen molar-refractivity contribution < 1.29 is 5.11 Å². The van der Waals surface area contributed by atoms with E-state index in [1.165, 1.54) is 11.3 Å². The monoisotopic (exact) mass is 263 g/mol. The molecule has 1 heterocycles. The van der Waals surface area contributed by atoms with E-state index in [-0.39, 0.29) is 12.6 Å². The molecule has 1 atom stereocenters. The summed E-state index contributed by atoms with van der Waals surface area (Å²) in [5, 5.41) is 8.93. The second kappa shape index (κ2) is 6.89. The number of hydrogen-bond donors (Lipinski definition) is 2. The van der Waals surface area contributed by atoms with E-state index < -0.39 is 0 Å². The highest BCUT2D eigenvalue weighted by molar-refractivity contribution is 5.48. The van der Waals surface area contributed by atoms with Crippen molar-refractivity contribution in [3.8, 4) is 0 Å². The third kappa shape index (κ3) is 4.20. The van der Waals surface area contributed by atoms with Gasteiger partial charge in [0.05, 0.1) is 6.61 Å².